The van der Waals surface area contributed by atoms with Gasteiger partial charge in [-0.15, -0.1) is 0 Å². The summed E-state index contributed by atoms with van der Waals surface area (Å²) in [5, 5.41) is 12.8. The van der Waals surface area contributed by atoms with Crippen molar-refractivity contribution in [1.29, 1.82) is 0 Å². The van der Waals surface area contributed by atoms with Crippen LogP contribution in [0.3, 0.4) is 0 Å². The van der Waals surface area contributed by atoms with E-state index in [1.165, 1.54) is 16.6 Å². The zero-order valence-corrected chi connectivity index (χ0v) is 16.4. The molecule has 0 saturated carbocycles. The van der Waals surface area contributed by atoms with E-state index in [0.29, 0.717) is 13.2 Å². The summed E-state index contributed by atoms with van der Waals surface area (Å²) in [6, 6.07) is 22.8. The van der Waals surface area contributed by atoms with Crippen LogP contribution in [0.15, 0.2) is 66.7 Å². The maximum Gasteiger partial charge on any atom is 0.120 e. The number of aliphatic hydroxyl groups excluding tert-OH is 1. The van der Waals surface area contributed by atoms with Gasteiger partial charge >= 0.3 is 0 Å². The maximum absolute atomic E-state index is 10.4. The van der Waals surface area contributed by atoms with E-state index in [1.54, 1.807) is 0 Å². The molecule has 3 aromatic rings. The molecule has 0 radical (unpaired) electrons. The second kappa shape index (κ2) is 8.63. The minimum absolute atomic E-state index is 0.316. The number of fused-ring (bicyclic) bond motifs is 1. The molecule has 3 aromatic carbocycles. The molecule has 4 heteroatoms. The third kappa shape index (κ3) is 4.46. The highest BCUT2D eigenvalue weighted by molar-refractivity contribution is 5.83. The highest BCUT2D eigenvalue weighted by atomic mass is 16.5. The second-order valence-electron chi connectivity index (χ2n) is 7.55. The lowest BCUT2D eigenvalue weighted by Gasteiger charge is -2.37. The summed E-state index contributed by atoms with van der Waals surface area (Å²) in [6.45, 7) is 7.02. The number of piperazine rings is 1. The van der Waals surface area contributed by atoms with Crippen molar-refractivity contribution in [3.8, 4) is 5.75 Å². The number of hydrogen-bond donors (Lipinski definition) is 1. The van der Waals surface area contributed by atoms with Gasteiger partial charge in [0.1, 0.15) is 18.5 Å². The number of hydrogen-bond acceptors (Lipinski definition) is 4. The zero-order chi connectivity index (χ0) is 19.3. The molecule has 1 aliphatic rings. The van der Waals surface area contributed by atoms with Crippen LogP contribution in [-0.2, 0) is 0 Å². The molecule has 0 aromatic heterocycles. The molecule has 0 amide bonds. The van der Waals surface area contributed by atoms with E-state index in [0.717, 1.165) is 37.3 Å². The molecule has 28 heavy (non-hydrogen) atoms. The fourth-order valence-electron chi connectivity index (χ4n) is 3.89. The summed E-state index contributed by atoms with van der Waals surface area (Å²) in [5.74, 6) is 0.808. The number of anilines is 1. The number of benzene rings is 3. The molecule has 0 spiro atoms. The standard InChI is InChI=1S/C24H28N2O2/c1-19-6-2-5-9-24(19)26-14-12-25(13-15-26)17-22(27)18-28-23-11-10-20-7-3-4-8-21(20)16-23/h2-11,16,22,27H,12-15,17-18H2,1H3. The molecule has 1 atom stereocenters. The van der Waals surface area contributed by atoms with E-state index < -0.39 is 6.10 Å². The Morgan fingerprint density at radius 1 is 0.893 bits per heavy atom. The van der Waals surface area contributed by atoms with E-state index in [2.05, 4.69) is 59.2 Å². The highest BCUT2D eigenvalue weighted by Gasteiger charge is 2.20. The third-order valence-electron chi connectivity index (χ3n) is 5.46. The fourth-order valence-corrected chi connectivity index (χ4v) is 3.89. The van der Waals surface area contributed by atoms with Gasteiger partial charge in [0.25, 0.3) is 0 Å². The number of rotatable bonds is 6. The minimum atomic E-state index is -0.489. The van der Waals surface area contributed by atoms with Crippen LogP contribution >= 0.6 is 0 Å². The topological polar surface area (TPSA) is 35.9 Å². The first kappa shape index (κ1) is 18.8. The van der Waals surface area contributed by atoms with Crippen LogP contribution < -0.4 is 9.64 Å². The van der Waals surface area contributed by atoms with Gasteiger partial charge in [-0.05, 0) is 41.5 Å². The lowest BCUT2D eigenvalue weighted by Crippen LogP contribution is -2.49. The Bertz CT molecular complexity index is 919. The van der Waals surface area contributed by atoms with Crippen LogP contribution in [-0.4, -0.2) is 55.4 Å². The molecule has 1 unspecified atom stereocenters. The number of aryl methyl sites for hydroxylation is 1. The minimum Gasteiger partial charge on any atom is -0.491 e. The van der Waals surface area contributed by atoms with Crippen molar-refractivity contribution in [2.24, 2.45) is 0 Å². The van der Waals surface area contributed by atoms with Crippen LogP contribution in [0.25, 0.3) is 10.8 Å². The maximum atomic E-state index is 10.4. The first-order valence-electron chi connectivity index (χ1n) is 10.0. The van der Waals surface area contributed by atoms with Crippen LogP contribution in [0.4, 0.5) is 5.69 Å². The van der Waals surface area contributed by atoms with E-state index in [4.69, 9.17) is 4.74 Å². The Hall–Kier alpha value is -2.56. The lowest BCUT2D eigenvalue weighted by molar-refractivity contribution is 0.0663. The molecular formula is C24H28N2O2. The molecule has 1 aliphatic heterocycles. The third-order valence-corrected chi connectivity index (χ3v) is 5.46. The first-order chi connectivity index (χ1) is 13.7. The molecular weight excluding hydrogens is 348 g/mol. The summed E-state index contributed by atoms with van der Waals surface area (Å²) in [5.41, 5.74) is 2.64. The quantitative estimate of drug-likeness (QED) is 0.711. The Morgan fingerprint density at radius 3 is 2.39 bits per heavy atom. The number of β-amino-alcohol motifs (C(OH)–C–C–N with tert-alkyl or cyclic N) is 1. The molecule has 1 fully saturated rings. The molecule has 1 heterocycles. The van der Waals surface area contributed by atoms with Crippen LogP contribution in [0.1, 0.15) is 5.56 Å². The Balaban J connectivity index is 1.25. The van der Waals surface area contributed by atoms with Crippen molar-refractivity contribution in [2.45, 2.75) is 13.0 Å². The van der Waals surface area contributed by atoms with Gasteiger partial charge in [-0.25, -0.2) is 0 Å². The van der Waals surface area contributed by atoms with Crippen LogP contribution in [0.2, 0.25) is 0 Å². The monoisotopic (exact) mass is 376 g/mol. The van der Waals surface area contributed by atoms with Gasteiger partial charge in [0.2, 0.25) is 0 Å². The van der Waals surface area contributed by atoms with Crippen LogP contribution in [0.5, 0.6) is 5.75 Å². The molecule has 1 N–H and O–H groups in total. The van der Waals surface area contributed by atoms with Crippen molar-refractivity contribution in [3.63, 3.8) is 0 Å². The highest BCUT2D eigenvalue weighted by Crippen LogP contribution is 2.22. The van der Waals surface area contributed by atoms with E-state index >= 15 is 0 Å². The predicted molar refractivity (Wildman–Crippen MR) is 115 cm³/mol. The van der Waals surface area contributed by atoms with Crippen molar-refractivity contribution >= 4 is 16.5 Å². The molecule has 146 valence electrons. The summed E-state index contributed by atoms with van der Waals surface area (Å²) < 4.78 is 5.84. The Labute approximate surface area is 167 Å². The van der Waals surface area contributed by atoms with E-state index in [1.807, 2.05) is 24.3 Å². The average Bonchev–Trinajstić information content (AvgIpc) is 2.73. The number of aliphatic hydroxyl groups is 1. The smallest absolute Gasteiger partial charge is 0.120 e. The van der Waals surface area contributed by atoms with Gasteiger partial charge in [-0.1, -0.05) is 48.5 Å². The molecule has 0 aliphatic carbocycles. The van der Waals surface area contributed by atoms with E-state index in [-0.39, 0.29) is 0 Å². The van der Waals surface area contributed by atoms with Crippen LogP contribution in [0, 0.1) is 6.92 Å². The van der Waals surface area contributed by atoms with Gasteiger partial charge in [0.15, 0.2) is 0 Å². The van der Waals surface area contributed by atoms with Gasteiger partial charge in [0, 0.05) is 38.4 Å². The Morgan fingerprint density at radius 2 is 1.61 bits per heavy atom. The molecule has 4 rings (SSSR count). The number of para-hydroxylation sites is 1. The van der Waals surface area contributed by atoms with Gasteiger partial charge in [-0.3, -0.25) is 4.90 Å². The van der Waals surface area contributed by atoms with E-state index in [9.17, 15) is 5.11 Å². The van der Waals surface area contributed by atoms with Crippen molar-refractivity contribution in [3.05, 3.63) is 72.3 Å². The zero-order valence-electron chi connectivity index (χ0n) is 16.4. The molecule has 4 nitrogen and oxygen atoms in total. The van der Waals surface area contributed by atoms with Gasteiger partial charge in [0.05, 0.1) is 0 Å². The Kier molecular flexibility index (Phi) is 5.79. The fraction of sp³-hybridized carbons (Fsp3) is 0.333. The summed E-state index contributed by atoms with van der Waals surface area (Å²) in [6.07, 6.45) is -0.489. The van der Waals surface area contributed by atoms with Crippen molar-refractivity contribution in [1.82, 2.24) is 4.90 Å². The molecule has 0 bridgehead atoms. The van der Waals surface area contributed by atoms with Crippen molar-refractivity contribution < 1.29 is 9.84 Å². The number of ether oxygens (including phenoxy) is 1. The van der Waals surface area contributed by atoms with Gasteiger partial charge < -0.3 is 14.7 Å². The lowest BCUT2D eigenvalue weighted by atomic mass is 10.1. The normalized spacial score (nSPS) is 16.3. The first-order valence-corrected chi connectivity index (χ1v) is 10.0. The second-order valence-corrected chi connectivity index (χ2v) is 7.55. The summed E-state index contributed by atoms with van der Waals surface area (Å²) >= 11 is 0. The predicted octanol–water partition coefficient (Wildman–Crippen LogP) is 3.71. The van der Waals surface area contributed by atoms with Gasteiger partial charge in [-0.2, -0.15) is 0 Å². The largest absolute Gasteiger partial charge is 0.491 e. The SMILES string of the molecule is Cc1ccccc1N1CCN(CC(O)COc2ccc3ccccc3c2)CC1. The summed E-state index contributed by atoms with van der Waals surface area (Å²) in [7, 11) is 0. The summed E-state index contributed by atoms with van der Waals surface area (Å²) in [4.78, 5) is 4.76. The number of nitrogens with zero attached hydrogens (tertiary/aromatic N) is 2. The average molecular weight is 377 g/mol. The molecule has 1 saturated heterocycles. The van der Waals surface area contributed by atoms with Crippen molar-refractivity contribution in [2.75, 3.05) is 44.2 Å².